The van der Waals surface area contributed by atoms with Crippen molar-refractivity contribution in [1.29, 1.82) is 0 Å². The first kappa shape index (κ1) is 14.5. The Bertz CT molecular complexity index is 1020. The number of hydrogen-bond acceptors (Lipinski definition) is 3. The zero-order valence-corrected chi connectivity index (χ0v) is 13.7. The molecular weight excluding hydrogens is 296 g/mol. The number of nitrogens with zero attached hydrogens (tertiary/aromatic N) is 3. The van der Waals surface area contributed by atoms with E-state index in [-0.39, 0.29) is 0 Å². The highest BCUT2D eigenvalue weighted by Crippen LogP contribution is 2.30. The summed E-state index contributed by atoms with van der Waals surface area (Å²) in [5.74, 6) is 0.613. The summed E-state index contributed by atoms with van der Waals surface area (Å²) in [6.45, 7) is 4.06. The quantitative estimate of drug-likeness (QED) is 0.601. The van der Waals surface area contributed by atoms with Gasteiger partial charge in [-0.2, -0.15) is 9.61 Å². The Hall–Kier alpha value is -3.14. The molecule has 0 saturated heterocycles. The van der Waals surface area contributed by atoms with Gasteiger partial charge >= 0.3 is 0 Å². The highest BCUT2D eigenvalue weighted by molar-refractivity contribution is 5.78. The molecule has 0 aliphatic heterocycles. The Morgan fingerprint density at radius 1 is 0.875 bits per heavy atom. The van der Waals surface area contributed by atoms with Crippen molar-refractivity contribution in [2.75, 3.05) is 5.73 Å². The third kappa shape index (κ3) is 2.33. The van der Waals surface area contributed by atoms with Crippen LogP contribution in [0, 0.1) is 13.8 Å². The van der Waals surface area contributed by atoms with E-state index in [0.717, 1.165) is 33.7 Å². The summed E-state index contributed by atoms with van der Waals surface area (Å²) in [6, 6.07) is 20.3. The zero-order valence-electron chi connectivity index (χ0n) is 13.7. The summed E-state index contributed by atoms with van der Waals surface area (Å²) in [7, 11) is 0. The second-order valence-electron chi connectivity index (χ2n) is 5.99. The van der Waals surface area contributed by atoms with E-state index in [1.54, 1.807) is 4.52 Å². The summed E-state index contributed by atoms with van der Waals surface area (Å²) in [5, 5.41) is 4.67. The molecule has 0 aliphatic rings. The van der Waals surface area contributed by atoms with Crippen molar-refractivity contribution in [1.82, 2.24) is 14.6 Å². The van der Waals surface area contributed by atoms with Crippen LogP contribution in [0.3, 0.4) is 0 Å². The number of nitrogens with two attached hydrogens (primary N) is 1. The summed E-state index contributed by atoms with van der Waals surface area (Å²) in [4.78, 5) is 4.70. The van der Waals surface area contributed by atoms with Crippen LogP contribution in [0.1, 0.15) is 11.3 Å². The Labute approximate surface area is 140 Å². The summed E-state index contributed by atoms with van der Waals surface area (Å²) < 4.78 is 1.73. The zero-order chi connectivity index (χ0) is 16.7. The lowest BCUT2D eigenvalue weighted by Gasteiger charge is -2.10. The molecule has 0 atom stereocenters. The highest BCUT2D eigenvalue weighted by Gasteiger charge is 2.15. The van der Waals surface area contributed by atoms with E-state index < -0.39 is 0 Å². The van der Waals surface area contributed by atoms with Crippen LogP contribution in [0.5, 0.6) is 0 Å². The topological polar surface area (TPSA) is 56.2 Å². The molecule has 0 aliphatic carbocycles. The number of nitrogen functional groups attached to an aromatic ring is 1. The minimum absolute atomic E-state index is 0.613. The number of anilines is 1. The van der Waals surface area contributed by atoms with Gasteiger partial charge in [0.1, 0.15) is 5.82 Å². The highest BCUT2D eigenvalue weighted by atomic mass is 15.3. The Morgan fingerprint density at radius 2 is 1.58 bits per heavy atom. The maximum absolute atomic E-state index is 6.43. The molecule has 4 aromatic rings. The van der Waals surface area contributed by atoms with Gasteiger partial charge in [-0.15, -0.1) is 0 Å². The van der Waals surface area contributed by atoms with Crippen molar-refractivity contribution < 1.29 is 0 Å². The fourth-order valence-corrected chi connectivity index (χ4v) is 2.97. The molecule has 0 radical (unpaired) electrons. The molecule has 118 valence electrons. The molecule has 0 unspecified atom stereocenters. The maximum Gasteiger partial charge on any atom is 0.158 e. The van der Waals surface area contributed by atoms with Crippen molar-refractivity contribution in [2.45, 2.75) is 13.8 Å². The summed E-state index contributed by atoms with van der Waals surface area (Å²) in [6.07, 6.45) is 0. The van der Waals surface area contributed by atoms with Gasteiger partial charge in [-0.25, -0.2) is 4.98 Å². The fraction of sp³-hybridized carbons (Fsp3) is 0.100. The van der Waals surface area contributed by atoms with E-state index >= 15 is 0 Å². The van der Waals surface area contributed by atoms with Gasteiger partial charge < -0.3 is 5.73 Å². The average Bonchev–Trinajstić information content (AvgIpc) is 3.01. The van der Waals surface area contributed by atoms with Crippen LogP contribution in [-0.2, 0) is 0 Å². The average molecular weight is 314 g/mol. The van der Waals surface area contributed by atoms with E-state index in [0.29, 0.717) is 5.82 Å². The van der Waals surface area contributed by atoms with Gasteiger partial charge in [0.15, 0.2) is 5.65 Å². The van der Waals surface area contributed by atoms with Gasteiger partial charge in [0.05, 0.1) is 11.4 Å². The van der Waals surface area contributed by atoms with Gasteiger partial charge in [0.2, 0.25) is 0 Å². The second kappa shape index (κ2) is 5.49. The largest absolute Gasteiger partial charge is 0.383 e. The second-order valence-corrected chi connectivity index (χ2v) is 5.99. The number of benzene rings is 2. The van der Waals surface area contributed by atoms with E-state index in [1.165, 1.54) is 5.56 Å². The number of hydrogen-bond donors (Lipinski definition) is 1. The van der Waals surface area contributed by atoms with Crippen molar-refractivity contribution >= 4 is 11.5 Å². The number of rotatable bonds is 2. The van der Waals surface area contributed by atoms with E-state index in [9.17, 15) is 0 Å². The lowest BCUT2D eigenvalue weighted by Crippen LogP contribution is -2.05. The molecule has 0 bridgehead atoms. The molecule has 24 heavy (non-hydrogen) atoms. The van der Waals surface area contributed by atoms with Crippen LogP contribution in [0.15, 0.2) is 60.7 Å². The molecule has 2 N–H and O–H groups in total. The van der Waals surface area contributed by atoms with Crippen LogP contribution < -0.4 is 5.73 Å². The third-order valence-electron chi connectivity index (χ3n) is 4.23. The van der Waals surface area contributed by atoms with Crippen molar-refractivity contribution in [2.24, 2.45) is 0 Å². The lowest BCUT2D eigenvalue weighted by molar-refractivity contribution is 0.948. The van der Waals surface area contributed by atoms with E-state index in [1.807, 2.05) is 43.3 Å². The molecule has 2 aromatic heterocycles. The maximum atomic E-state index is 6.43. The van der Waals surface area contributed by atoms with Crippen molar-refractivity contribution in [3.05, 3.63) is 71.9 Å². The number of aromatic nitrogens is 3. The molecule has 0 spiro atoms. The monoisotopic (exact) mass is 314 g/mol. The van der Waals surface area contributed by atoms with Crippen molar-refractivity contribution in [3.8, 4) is 22.4 Å². The summed E-state index contributed by atoms with van der Waals surface area (Å²) >= 11 is 0. The first-order valence-electron chi connectivity index (χ1n) is 7.92. The van der Waals surface area contributed by atoms with Gasteiger partial charge in [0, 0.05) is 17.2 Å². The van der Waals surface area contributed by atoms with Gasteiger partial charge in [-0.3, -0.25) is 0 Å². The predicted molar refractivity (Wildman–Crippen MR) is 97.7 cm³/mol. The van der Waals surface area contributed by atoms with Crippen LogP contribution in [-0.4, -0.2) is 14.6 Å². The fourth-order valence-electron chi connectivity index (χ4n) is 2.97. The standard InChI is InChI=1S/C20H18N4/c1-13-8-10-15(11-9-13)17-12-18-22-14(2)19(20(21)24(18)23-17)16-6-4-3-5-7-16/h3-12H,21H2,1-2H3. The van der Waals surface area contributed by atoms with Gasteiger partial charge in [-0.1, -0.05) is 60.2 Å². The van der Waals surface area contributed by atoms with Gasteiger partial charge in [-0.05, 0) is 19.4 Å². The van der Waals surface area contributed by atoms with Crippen LogP contribution in [0.4, 0.5) is 5.82 Å². The Balaban J connectivity index is 1.92. The predicted octanol–water partition coefficient (Wildman–Crippen LogP) is 4.26. The smallest absolute Gasteiger partial charge is 0.158 e. The van der Waals surface area contributed by atoms with E-state index in [4.69, 9.17) is 10.7 Å². The molecule has 4 rings (SSSR count). The molecule has 2 heterocycles. The number of aryl methyl sites for hydroxylation is 2. The first-order valence-corrected chi connectivity index (χ1v) is 7.92. The minimum Gasteiger partial charge on any atom is -0.383 e. The third-order valence-corrected chi connectivity index (χ3v) is 4.23. The van der Waals surface area contributed by atoms with E-state index in [2.05, 4.69) is 36.3 Å². The molecule has 0 fully saturated rings. The van der Waals surface area contributed by atoms with Crippen LogP contribution in [0.25, 0.3) is 28.0 Å². The SMILES string of the molecule is Cc1ccc(-c2cc3nc(C)c(-c4ccccc4)c(N)n3n2)cc1. The number of fused-ring (bicyclic) bond motifs is 1. The Kier molecular flexibility index (Phi) is 3.31. The molecular formula is C20H18N4. The molecule has 0 saturated carbocycles. The lowest BCUT2D eigenvalue weighted by atomic mass is 10.1. The summed E-state index contributed by atoms with van der Waals surface area (Å²) in [5.41, 5.74) is 13.2. The Morgan fingerprint density at radius 3 is 2.29 bits per heavy atom. The normalized spacial score (nSPS) is 11.1. The van der Waals surface area contributed by atoms with Gasteiger partial charge in [0.25, 0.3) is 0 Å². The first-order chi connectivity index (χ1) is 11.6. The van der Waals surface area contributed by atoms with Crippen molar-refractivity contribution in [3.63, 3.8) is 0 Å². The van der Waals surface area contributed by atoms with Crippen LogP contribution >= 0.6 is 0 Å². The van der Waals surface area contributed by atoms with Crippen LogP contribution in [0.2, 0.25) is 0 Å². The minimum atomic E-state index is 0.613. The molecule has 0 amide bonds. The molecule has 4 heteroatoms. The molecule has 4 nitrogen and oxygen atoms in total. The molecule has 2 aromatic carbocycles.